The van der Waals surface area contributed by atoms with Gasteiger partial charge in [0.15, 0.2) is 0 Å². The standard InChI is InChI=1S/C17H27NO2/c1-12(15(19)20-17(5,6)7)18-14-11-9-8-10-13(14)16(2,3)4/h8-12,18H,1-7H3. The van der Waals surface area contributed by atoms with Crippen molar-refractivity contribution in [3.05, 3.63) is 29.8 Å². The second-order valence-corrected chi connectivity index (χ2v) is 7.20. The quantitative estimate of drug-likeness (QED) is 0.844. The highest BCUT2D eigenvalue weighted by Crippen LogP contribution is 2.29. The summed E-state index contributed by atoms with van der Waals surface area (Å²) in [5.41, 5.74) is 1.74. The average Bonchev–Trinajstić information content (AvgIpc) is 2.25. The molecule has 20 heavy (non-hydrogen) atoms. The van der Waals surface area contributed by atoms with Gasteiger partial charge in [-0.05, 0) is 44.7 Å². The Kier molecular flexibility index (Phi) is 4.85. The van der Waals surface area contributed by atoms with Crippen molar-refractivity contribution in [2.24, 2.45) is 0 Å². The Balaban J connectivity index is 2.86. The van der Waals surface area contributed by atoms with E-state index in [-0.39, 0.29) is 17.4 Å². The minimum absolute atomic E-state index is 0.0250. The molecule has 112 valence electrons. The maximum absolute atomic E-state index is 12.0. The summed E-state index contributed by atoms with van der Waals surface area (Å²) in [5.74, 6) is -0.235. The second-order valence-electron chi connectivity index (χ2n) is 7.20. The Labute approximate surface area is 122 Å². The Morgan fingerprint density at radius 1 is 1.10 bits per heavy atom. The summed E-state index contributed by atoms with van der Waals surface area (Å²) in [4.78, 5) is 12.0. The molecule has 1 aromatic rings. The van der Waals surface area contributed by atoms with Crippen LogP contribution in [0.2, 0.25) is 0 Å². The molecule has 0 bridgehead atoms. The lowest BCUT2D eigenvalue weighted by molar-refractivity contribution is -0.155. The topological polar surface area (TPSA) is 38.3 Å². The van der Waals surface area contributed by atoms with Crippen molar-refractivity contribution in [3.8, 4) is 0 Å². The summed E-state index contributed by atoms with van der Waals surface area (Å²) >= 11 is 0. The molecule has 3 heteroatoms. The van der Waals surface area contributed by atoms with Gasteiger partial charge in [0.05, 0.1) is 0 Å². The molecule has 1 N–H and O–H groups in total. The number of carbonyl (C=O) groups is 1. The van der Waals surface area contributed by atoms with E-state index in [1.807, 2.05) is 45.9 Å². The number of anilines is 1. The molecule has 1 atom stereocenters. The van der Waals surface area contributed by atoms with Gasteiger partial charge in [-0.1, -0.05) is 39.0 Å². The molecule has 0 fully saturated rings. The third-order valence-electron chi connectivity index (χ3n) is 2.87. The summed E-state index contributed by atoms with van der Waals surface area (Å²) in [5, 5.41) is 3.26. The Morgan fingerprint density at radius 2 is 1.65 bits per heavy atom. The second kappa shape index (κ2) is 5.86. The summed E-state index contributed by atoms with van der Waals surface area (Å²) in [6, 6.07) is 7.70. The fraction of sp³-hybridized carbons (Fsp3) is 0.588. The number of nitrogens with one attached hydrogen (secondary N) is 1. The number of para-hydroxylation sites is 1. The number of benzene rings is 1. The highest BCUT2D eigenvalue weighted by Gasteiger charge is 2.24. The van der Waals surface area contributed by atoms with Crippen LogP contribution in [0.4, 0.5) is 5.69 Å². The molecule has 1 unspecified atom stereocenters. The van der Waals surface area contributed by atoms with Crippen LogP contribution in [0, 0.1) is 0 Å². The predicted molar refractivity (Wildman–Crippen MR) is 84.1 cm³/mol. The molecule has 0 amide bonds. The van der Waals surface area contributed by atoms with E-state index in [0.717, 1.165) is 5.69 Å². The number of hydrogen-bond donors (Lipinski definition) is 1. The molecule has 0 radical (unpaired) electrons. The molecule has 0 aliphatic rings. The largest absolute Gasteiger partial charge is 0.458 e. The van der Waals surface area contributed by atoms with Gasteiger partial charge in [-0.25, -0.2) is 4.79 Å². The van der Waals surface area contributed by atoms with Crippen molar-refractivity contribution in [1.29, 1.82) is 0 Å². The van der Waals surface area contributed by atoms with Gasteiger partial charge in [0.2, 0.25) is 0 Å². The molecule has 0 aliphatic carbocycles. The van der Waals surface area contributed by atoms with Gasteiger partial charge in [0.25, 0.3) is 0 Å². The first-order valence-electron chi connectivity index (χ1n) is 7.09. The normalized spacial score (nSPS) is 13.8. The number of esters is 1. The minimum Gasteiger partial charge on any atom is -0.458 e. The van der Waals surface area contributed by atoms with Gasteiger partial charge < -0.3 is 10.1 Å². The van der Waals surface area contributed by atoms with Crippen LogP contribution >= 0.6 is 0 Å². The van der Waals surface area contributed by atoms with Gasteiger partial charge in [0.1, 0.15) is 11.6 Å². The SMILES string of the molecule is CC(Nc1ccccc1C(C)(C)C)C(=O)OC(C)(C)C. The van der Waals surface area contributed by atoms with Crippen LogP contribution in [-0.4, -0.2) is 17.6 Å². The average molecular weight is 277 g/mol. The van der Waals surface area contributed by atoms with Crippen LogP contribution in [0.1, 0.15) is 54.0 Å². The van der Waals surface area contributed by atoms with Crippen LogP contribution in [0.5, 0.6) is 0 Å². The molecule has 0 heterocycles. The van der Waals surface area contributed by atoms with Crippen LogP contribution in [0.3, 0.4) is 0 Å². The Bertz CT molecular complexity index is 467. The lowest BCUT2D eigenvalue weighted by atomic mass is 9.85. The zero-order chi connectivity index (χ0) is 15.6. The van der Waals surface area contributed by atoms with Crippen molar-refractivity contribution >= 4 is 11.7 Å². The van der Waals surface area contributed by atoms with Crippen LogP contribution < -0.4 is 5.32 Å². The number of carbonyl (C=O) groups excluding carboxylic acids is 1. The van der Waals surface area contributed by atoms with E-state index in [0.29, 0.717) is 0 Å². The molecule has 0 aliphatic heterocycles. The number of hydrogen-bond acceptors (Lipinski definition) is 3. The monoisotopic (exact) mass is 277 g/mol. The Morgan fingerprint density at radius 3 is 2.15 bits per heavy atom. The van der Waals surface area contributed by atoms with Crippen molar-refractivity contribution in [1.82, 2.24) is 0 Å². The fourth-order valence-electron chi connectivity index (χ4n) is 1.95. The molecule has 3 nitrogen and oxygen atoms in total. The molecular formula is C17H27NO2. The van der Waals surface area contributed by atoms with Gasteiger partial charge in [-0.15, -0.1) is 0 Å². The van der Waals surface area contributed by atoms with Crippen molar-refractivity contribution in [2.45, 2.75) is 65.5 Å². The van der Waals surface area contributed by atoms with E-state index in [9.17, 15) is 4.79 Å². The summed E-state index contributed by atoms with van der Waals surface area (Å²) in [6.07, 6.45) is 0. The van der Waals surface area contributed by atoms with Crippen molar-refractivity contribution < 1.29 is 9.53 Å². The fourth-order valence-corrected chi connectivity index (χ4v) is 1.95. The predicted octanol–water partition coefficient (Wildman–Crippen LogP) is 4.13. The first-order chi connectivity index (χ1) is 9.00. The Hall–Kier alpha value is -1.51. The van der Waals surface area contributed by atoms with Crippen LogP contribution in [0.15, 0.2) is 24.3 Å². The summed E-state index contributed by atoms with van der Waals surface area (Å²) in [6.45, 7) is 13.9. The smallest absolute Gasteiger partial charge is 0.328 e. The third kappa shape index (κ3) is 4.87. The van der Waals surface area contributed by atoms with E-state index in [2.05, 4.69) is 32.2 Å². The van der Waals surface area contributed by atoms with Gasteiger partial charge >= 0.3 is 5.97 Å². The van der Waals surface area contributed by atoms with E-state index in [1.54, 1.807) is 0 Å². The molecule has 1 rings (SSSR count). The summed E-state index contributed by atoms with van der Waals surface area (Å²) in [7, 11) is 0. The number of rotatable bonds is 3. The third-order valence-corrected chi connectivity index (χ3v) is 2.87. The summed E-state index contributed by atoms with van der Waals surface area (Å²) < 4.78 is 5.40. The maximum atomic E-state index is 12.0. The zero-order valence-corrected chi connectivity index (χ0v) is 13.7. The maximum Gasteiger partial charge on any atom is 0.328 e. The van der Waals surface area contributed by atoms with Crippen LogP contribution in [-0.2, 0) is 14.9 Å². The first-order valence-corrected chi connectivity index (χ1v) is 7.09. The highest BCUT2D eigenvalue weighted by atomic mass is 16.6. The minimum atomic E-state index is -0.462. The van der Waals surface area contributed by atoms with Crippen molar-refractivity contribution in [2.75, 3.05) is 5.32 Å². The van der Waals surface area contributed by atoms with Crippen molar-refractivity contribution in [3.63, 3.8) is 0 Å². The number of ether oxygens (including phenoxy) is 1. The van der Waals surface area contributed by atoms with E-state index in [4.69, 9.17) is 4.74 Å². The van der Waals surface area contributed by atoms with Gasteiger partial charge in [-0.2, -0.15) is 0 Å². The molecular weight excluding hydrogens is 250 g/mol. The van der Waals surface area contributed by atoms with Gasteiger partial charge in [0, 0.05) is 5.69 Å². The molecule has 0 spiro atoms. The molecule has 0 saturated carbocycles. The van der Waals surface area contributed by atoms with E-state index >= 15 is 0 Å². The highest BCUT2D eigenvalue weighted by molar-refractivity contribution is 5.79. The van der Waals surface area contributed by atoms with Crippen LogP contribution in [0.25, 0.3) is 0 Å². The molecule has 0 aromatic heterocycles. The zero-order valence-electron chi connectivity index (χ0n) is 13.7. The molecule has 0 saturated heterocycles. The van der Waals surface area contributed by atoms with E-state index < -0.39 is 5.60 Å². The molecule has 1 aromatic carbocycles. The lowest BCUT2D eigenvalue weighted by Crippen LogP contribution is -2.35. The van der Waals surface area contributed by atoms with Gasteiger partial charge in [-0.3, -0.25) is 0 Å². The first kappa shape index (κ1) is 16.5. The van der Waals surface area contributed by atoms with E-state index in [1.165, 1.54) is 5.56 Å². The lowest BCUT2D eigenvalue weighted by Gasteiger charge is -2.27.